The van der Waals surface area contributed by atoms with Crippen LogP contribution in [0, 0.1) is 5.92 Å². The number of hydrogen-bond donors (Lipinski definition) is 2. The fourth-order valence-corrected chi connectivity index (χ4v) is 3.36. The van der Waals surface area contributed by atoms with Crippen molar-refractivity contribution in [3.05, 3.63) is 0 Å². The lowest BCUT2D eigenvalue weighted by atomic mass is 9.84. The summed E-state index contributed by atoms with van der Waals surface area (Å²) in [6.07, 6.45) is -0.496. The van der Waals surface area contributed by atoms with Crippen LogP contribution in [0.1, 0.15) is 13.8 Å². The van der Waals surface area contributed by atoms with E-state index < -0.39 is 12.9 Å². The number of hydrogen-bond acceptors (Lipinski definition) is 4. The number of carbonyl (C=O) groups is 2. The molecule has 114 valence electrons. The summed E-state index contributed by atoms with van der Waals surface area (Å²) in [6.45, 7) is 2.96. The second-order valence-electron chi connectivity index (χ2n) is 5.48. The van der Waals surface area contributed by atoms with Gasteiger partial charge < -0.3 is 20.0 Å². The van der Waals surface area contributed by atoms with Crippen LogP contribution in [-0.2, 0) is 0 Å². The highest BCUT2D eigenvalue weighted by atomic mass is 16.3. The fourth-order valence-electron chi connectivity index (χ4n) is 3.36. The van der Waals surface area contributed by atoms with Crippen LogP contribution in [0.25, 0.3) is 0 Å². The summed E-state index contributed by atoms with van der Waals surface area (Å²) >= 11 is 0. The first-order valence-electron chi connectivity index (χ1n) is 6.65. The summed E-state index contributed by atoms with van der Waals surface area (Å²) in [5, 5.41) is 18.9. The SMILES string of the molecule is C[C@@H]1[C@H]2[C@H](N(C)C(=O)N(CO)[C@H]2C)N(CO)C(=O)N1C. The molecule has 0 bridgehead atoms. The van der Waals surface area contributed by atoms with Crippen molar-refractivity contribution in [2.45, 2.75) is 32.1 Å². The molecule has 2 N–H and O–H groups in total. The van der Waals surface area contributed by atoms with Crippen LogP contribution >= 0.6 is 0 Å². The summed E-state index contributed by atoms with van der Waals surface area (Å²) in [5.41, 5.74) is 0. The van der Waals surface area contributed by atoms with Gasteiger partial charge in [0.15, 0.2) is 0 Å². The van der Waals surface area contributed by atoms with Crippen molar-refractivity contribution >= 4 is 12.1 Å². The Hall–Kier alpha value is -1.54. The van der Waals surface area contributed by atoms with Crippen molar-refractivity contribution in [1.82, 2.24) is 19.6 Å². The third-order valence-corrected chi connectivity index (χ3v) is 4.68. The first-order chi connectivity index (χ1) is 9.36. The van der Waals surface area contributed by atoms with E-state index in [9.17, 15) is 19.8 Å². The topological polar surface area (TPSA) is 87.6 Å². The Kier molecular flexibility index (Phi) is 3.79. The van der Waals surface area contributed by atoms with Gasteiger partial charge >= 0.3 is 12.1 Å². The van der Waals surface area contributed by atoms with Crippen LogP contribution in [0.2, 0.25) is 0 Å². The van der Waals surface area contributed by atoms with E-state index in [1.807, 2.05) is 13.8 Å². The lowest BCUT2D eigenvalue weighted by Gasteiger charge is -2.57. The number of aliphatic hydroxyl groups is 2. The van der Waals surface area contributed by atoms with Crippen LogP contribution < -0.4 is 0 Å². The number of fused-ring (bicyclic) bond motifs is 1. The molecule has 0 aromatic carbocycles. The van der Waals surface area contributed by atoms with Crippen LogP contribution in [0.15, 0.2) is 0 Å². The molecule has 0 aliphatic carbocycles. The van der Waals surface area contributed by atoms with Crippen LogP contribution in [0.5, 0.6) is 0 Å². The number of rotatable bonds is 2. The van der Waals surface area contributed by atoms with Gasteiger partial charge in [0, 0.05) is 32.1 Å². The normalized spacial score (nSPS) is 34.7. The van der Waals surface area contributed by atoms with Crippen molar-refractivity contribution < 1.29 is 19.8 Å². The maximum atomic E-state index is 12.2. The third kappa shape index (κ3) is 1.82. The quantitative estimate of drug-likeness (QED) is 0.705. The minimum Gasteiger partial charge on any atom is -0.376 e. The summed E-state index contributed by atoms with van der Waals surface area (Å²) in [6, 6.07) is -0.974. The van der Waals surface area contributed by atoms with E-state index in [1.165, 1.54) is 14.7 Å². The van der Waals surface area contributed by atoms with E-state index in [1.54, 1.807) is 19.0 Å². The van der Waals surface area contributed by atoms with E-state index in [-0.39, 0.29) is 36.8 Å². The van der Waals surface area contributed by atoms with E-state index in [2.05, 4.69) is 0 Å². The molecular weight excluding hydrogens is 264 g/mol. The predicted octanol–water partition coefficient (Wildman–Crippen LogP) is -0.660. The van der Waals surface area contributed by atoms with Crippen LogP contribution in [-0.4, -0.2) is 87.7 Å². The first kappa shape index (κ1) is 14.9. The molecule has 0 saturated carbocycles. The van der Waals surface area contributed by atoms with E-state index >= 15 is 0 Å². The molecule has 2 aliphatic rings. The zero-order valence-electron chi connectivity index (χ0n) is 12.2. The lowest BCUT2D eigenvalue weighted by Crippen LogP contribution is -2.75. The molecule has 2 heterocycles. The Labute approximate surface area is 118 Å². The molecule has 0 unspecified atom stereocenters. The van der Waals surface area contributed by atoms with E-state index in [0.717, 1.165) is 0 Å². The van der Waals surface area contributed by atoms with Crippen molar-refractivity contribution in [3.8, 4) is 0 Å². The van der Waals surface area contributed by atoms with Gasteiger partial charge in [0.25, 0.3) is 0 Å². The minimum atomic E-state index is -0.496. The summed E-state index contributed by atoms with van der Waals surface area (Å²) in [4.78, 5) is 30.1. The zero-order chi connectivity index (χ0) is 15.2. The molecule has 20 heavy (non-hydrogen) atoms. The average Bonchev–Trinajstić information content (AvgIpc) is 2.42. The molecule has 0 radical (unpaired) electrons. The lowest BCUT2D eigenvalue weighted by molar-refractivity contribution is -0.104. The largest absolute Gasteiger partial charge is 0.376 e. The smallest absolute Gasteiger partial charge is 0.323 e. The fraction of sp³-hybridized carbons (Fsp3) is 0.833. The Balaban J connectivity index is 2.45. The highest BCUT2D eigenvalue weighted by Gasteiger charge is 2.53. The van der Waals surface area contributed by atoms with E-state index in [0.29, 0.717) is 0 Å². The van der Waals surface area contributed by atoms with Crippen LogP contribution in [0.3, 0.4) is 0 Å². The molecule has 0 aromatic heterocycles. The van der Waals surface area contributed by atoms with E-state index in [4.69, 9.17) is 0 Å². The summed E-state index contributed by atoms with van der Waals surface area (Å²) in [5.74, 6) is -0.0836. The Morgan fingerprint density at radius 1 is 0.900 bits per heavy atom. The Bertz CT molecular complexity index is 418. The molecule has 8 heteroatoms. The van der Waals surface area contributed by atoms with Gasteiger partial charge in [-0.1, -0.05) is 0 Å². The van der Waals surface area contributed by atoms with Gasteiger partial charge in [-0.2, -0.15) is 0 Å². The predicted molar refractivity (Wildman–Crippen MR) is 70.4 cm³/mol. The molecule has 0 spiro atoms. The number of carbonyl (C=O) groups excluding carboxylic acids is 2. The monoisotopic (exact) mass is 286 g/mol. The molecule has 2 aliphatic heterocycles. The standard InChI is InChI=1S/C12H22N4O4/c1-7-9-8(2)15(5-17)12(20)14(4)10(9)16(6-18)11(19)13(7)3/h7-10,17-18H,5-6H2,1-4H3/t7-,8+,9-,10-/m1/s1. The van der Waals surface area contributed by atoms with Crippen molar-refractivity contribution in [2.75, 3.05) is 27.6 Å². The van der Waals surface area contributed by atoms with Gasteiger partial charge in [0.2, 0.25) is 0 Å². The second-order valence-corrected chi connectivity index (χ2v) is 5.48. The maximum absolute atomic E-state index is 12.2. The van der Waals surface area contributed by atoms with Gasteiger partial charge in [-0.15, -0.1) is 0 Å². The Morgan fingerprint density at radius 3 is 1.90 bits per heavy atom. The molecular formula is C12H22N4O4. The Morgan fingerprint density at radius 2 is 1.40 bits per heavy atom. The molecule has 2 saturated heterocycles. The number of urea groups is 2. The molecule has 2 rings (SSSR count). The molecule has 4 atom stereocenters. The van der Waals surface area contributed by atoms with Crippen LogP contribution in [0.4, 0.5) is 9.59 Å². The molecule has 4 amide bonds. The third-order valence-electron chi connectivity index (χ3n) is 4.68. The summed E-state index contributed by atoms with van der Waals surface area (Å²) in [7, 11) is 3.26. The van der Waals surface area contributed by atoms with Gasteiger partial charge in [-0.3, -0.25) is 9.80 Å². The average molecular weight is 286 g/mol. The molecule has 0 aromatic rings. The first-order valence-corrected chi connectivity index (χ1v) is 6.65. The minimum absolute atomic E-state index is 0.0836. The van der Waals surface area contributed by atoms with Gasteiger partial charge in [-0.05, 0) is 13.8 Å². The number of nitrogens with zero attached hydrogens (tertiary/aromatic N) is 4. The zero-order valence-corrected chi connectivity index (χ0v) is 12.2. The highest BCUT2D eigenvalue weighted by molar-refractivity contribution is 5.80. The van der Waals surface area contributed by atoms with Gasteiger partial charge in [-0.25, -0.2) is 9.59 Å². The van der Waals surface area contributed by atoms with Crippen molar-refractivity contribution in [1.29, 1.82) is 0 Å². The molecule has 2 fully saturated rings. The number of amides is 4. The second kappa shape index (κ2) is 5.10. The van der Waals surface area contributed by atoms with Gasteiger partial charge in [0.05, 0.1) is 0 Å². The van der Waals surface area contributed by atoms with Crippen molar-refractivity contribution in [2.24, 2.45) is 5.92 Å². The van der Waals surface area contributed by atoms with Crippen molar-refractivity contribution in [3.63, 3.8) is 0 Å². The maximum Gasteiger partial charge on any atom is 0.323 e. The molecule has 8 nitrogen and oxygen atoms in total. The summed E-state index contributed by atoms with van der Waals surface area (Å²) < 4.78 is 0. The van der Waals surface area contributed by atoms with Gasteiger partial charge in [0.1, 0.15) is 19.6 Å². The highest BCUT2D eigenvalue weighted by Crippen LogP contribution is 2.36. The number of aliphatic hydroxyl groups excluding tert-OH is 2.